The fraction of sp³-hybridized carbons (Fsp3) is 0.900. The first-order valence-electron chi connectivity index (χ1n) is 5.08. The molecule has 82 valence electrons. The molecule has 1 heterocycles. The van der Waals surface area contributed by atoms with E-state index in [0.717, 1.165) is 19.6 Å². The van der Waals surface area contributed by atoms with Crippen LogP contribution in [0, 0.1) is 0 Å². The van der Waals surface area contributed by atoms with Crippen molar-refractivity contribution in [3.8, 4) is 0 Å². The van der Waals surface area contributed by atoms with E-state index in [1.54, 1.807) is 26.1 Å². The molecule has 0 aromatic rings. The van der Waals surface area contributed by atoms with Gasteiger partial charge < -0.3 is 9.64 Å². The van der Waals surface area contributed by atoms with Gasteiger partial charge in [-0.2, -0.15) is 0 Å². The van der Waals surface area contributed by atoms with E-state index in [4.69, 9.17) is 4.74 Å². The van der Waals surface area contributed by atoms with Gasteiger partial charge in [0.05, 0.1) is 13.2 Å². The largest absolute Gasteiger partial charge is 0.383 e. The minimum Gasteiger partial charge on any atom is -0.383 e. The summed E-state index contributed by atoms with van der Waals surface area (Å²) < 4.78 is 5.13. The number of methoxy groups -OCH3 is 1. The van der Waals surface area contributed by atoms with E-state index in [0.29, 0.717) is 12.6 Å². The number of nitrogens with zero attached hydrogens (tertiary/aromatic N) is 2. The van der Waals surface area contributed by atoms with E-state index in [-0.39, 0.29) is 5.91 Å². The van der Waals surface area contributed by atoms with Crippen molar-refractivity contribution in [2.75, 3.05) is 40.9 Å². The van der Waals surface area contributed by atoms with Crippen LogP contribution >= 0.6 is 0 Å². The summed E-state index contributed by atoms with van der Waals surface area (Å²) in [5.74, 6) is 0.174. The maximum atomic E-state index is 11.5. The Bertz CT molecular complexity index is 195. The van der Waals surface area contributed by atoms with Gasteiger partial charge in [0, 0.05) is 27.2 Å². The molecule has 1 fully saturated rings. The van der Waals surface area contributed by atoms with Crippen molar-refractivity contribution < 1.29 is 9.53 Å². The zero-order valence-corrected chi connectivity index (χ0v) is 9.32. The molecule has 0 radical (unpaired) electrons. The van der Waals surface area contributed by atoms with Crippen molar-refractivity contribution in [3.05, 3.63) is 0 Å². The molecule has 4 heteroatoms. The van der Waals surface area contributed by atoms with Crippen molar-refractivity contribution in [3.63, 3.8) is 0 Å². The molecule has 1 saturated heterocycles. The molecular formula is C10H20N2O2. The molecule has 1 amide bonds. The van der Waals surface area contributed by atoms with E-state index in [2.05, 4.69) is 4.90 Å². The molecule has 4 nitrogen and oxygen atoms in total. The molecular weight excluding hydrogens is 180 g/mol. The lowest BCUT2D eigenvalue weighted by atomic mass is 10.2. The SMILES string of the molecule is COC[C@H]1CCCN1CC(=O)N(C)C. The minimum absolute atomic E-state index is 0.174. The van der Waals surface area contributed by atoms with Gasteiger partial charge in [-0.1, -0.05) is 0 Å². The van der Waals surface area contributed by atoms with Crippen LogP contribution in [0.15, 0.2) is 0 Å². The lowest BCUT2D eigenvalue weighted by Crippen LogP contribution is -2.40. The molecule has 0 aliphatic carbocycles. The van der Waals surface area contributed by atoms with Crippen LogP contribution in [-0.2, 0) is 9.53 Å². The second kappa shape index (κ2) is 5.32. The average Bonchev–Trinajstić information content (AvgIpc) is 2.53. The number of carbonyl (C=O) groups is 1. The first-order chi connectivity index (χ1) is 6.65. The summed E-state index contributed by atoms with van der Waals surface area (Å²) in [5.41, 5.74) is 0. The van der Waals surface area contributed by atoms with Crippen LogP contribution in [0.4, 0.5) is 0 Å². The summed E-state index contributed by atoms with van der Waals surface area (Å²) in [4.78, 5) is 15.3. The minimum atomic E-state index is 0.174. The molecule has 0 unspecified atom stereocenters. The topological polar surface area (TPSA) is 32.8 Å². The molecule has 0 spiro atoms. The van der Waals surface area contributed by atoms with Gasteiger partial charge in [-0.15, -0.1) is 0 Å². The van der Waals surface area contributed by atoms with Gasteiger partial charge in [-0.05, 0) is 19.4 Å². The molecule has 14 heavy (non-hydrogen) atoms. The second-order valence-electron chi connectivity index (χ2n) is 4.01. The van der Waals surface area contributed by atoms with Crippen molar-refractivity contribution in [1.29, 1.82) is 0 Å². The van der Waals surface area contributed by atoms with Gasteiger partial charge in [0.1, 0.15) is 0 Å². The summed E-state index contributed by atoms with van der Waals surface area (Å²) in [7, 11) is 5.30. The Morgan fingerprint density at radius 3 is 2.86 bits per heavy atom. The molecule has 0 N–H and O–H groups in total. The molecule has 1 aliphatic heterocycles. The number of likely N-dealkylation sites (N-methyl/N-ethyl adjacent to an activating group) is 1. The zero-order chi connectivity index (χ0) is 10.6. The van der Waals surface area contributed by atoms with Crippen LogP contribution < -0.4 is 0 Å². The van der Waals surface area contributed by atoms with Gasteiger partial charge in [-0.3, -0.25) is 9.69 Å². The molecule has 1 atom stereocenters. The van der Waals surface area contributed by atoms with Gasteiger partial charge in [0.15, 0.2) is 0 Å². The summed E-state index contributed by atoms with van der Waals surface area (Å²) in [6.45, 7) is 2.29. The second-order valence-corrected chi connectivity index (χ2v) is 4.01. The third-order valence-corrected chi connectivity index (χ3v) is 2.70. The quantitative estimate of drug-likeness (QED) is 0.649. The van der Waals surface area contributed by atoms with Crippen molar-refractivity contribution >= 4 is 5.91 Å². The Morgan fingerprint density at radius 1 is 1.57 bits per heavy atom. The maximum Gasteiger partial charge on any atom is 0.236 e. The average molecular weight is 200 g/mol. The van der Waals surface area contributed by atoms with E-state index in [1.165, 1.54) is 6.42 Å². The highest BCUT2D eigenvalue weighted by Crippen LogP contribution is 2.16. The number of ether oxygens (including phenoxy) is 1. The molecule has 1 rings (SSSR count). The lowest BCUT2D eigenvalue weighted by molar-refractivity contribution is -0.130. The molecule has 0 saturated carbocycles. The number of amides is 1. The van der Waals surface area contributed by atoms with Crippen molar-refractivity contribution in [1.82, 2.24) is 9.80 Å². The third kappa shape index (κ3) is 2.96. The normalized spacial score (nSPS) is 22.6. The lowest BCUT2D eigenvalue weighted by Gasteiger charge is -2.24. The van der Waals surface area contributed by atoms with Gasteiger partial charge in [0.25, 0.3) is 0 Å². The number of hydrogen-bond donors (Lipinski definition) is 0. The van der Waals surface area contributed by atoms with Gasteiger partial charge >= 0.3 is 0 Å². The van der Waals surface area contributed by atoms with Crippen molar-refractivity contribution in [2.24, 2.45) is 0 Å². The first-order valence-corrected chi connectivity index (χ1v) is 5.08. The van der Waals surface area contributed by atoms with Crippen LogP contribution in [0.1, 0.15) is 12.8 Å². The van der Waals surface area contributed by atoms with E-state index in [1.807, 2.05) is 0 Å². The van der Waals surface area contributed by atoms with Gasteiger partial charge in [0.2, 0.25) is 5.91 Å². The summed E-state index contributed by atoms with van der Waals surface area (Å²) in [6, 6.07) is 0.434. The number of hydrogen-bond acceptors (Lipinski definition) is 3. The maximum absolute atomic E-state index is 11.5. The summed E-state index contributed by atoms with van der Waals surface area (Å²) in [5, 5.41) is 0. The Balaban J connectivity index is 2.39. The highest BCUT2D eigenvalue weighted by molar-refractivity contribution is 5.77. The summed E-state index contributed by atoms with van der Waals surface area (Å²) >= 11 is 0. The Hall–Kier alpha value is -0.610. The monoisotopic (exact) mass is 200 g/mol. The highest BCUT2D eigenvalue weighted by atomic mass is 16.5. The van der Waals surface area contributed by atoms with Crippen LogP contribution in [0.3, 0.4) is 0 Å². The molecule has 0 bridgehead atoms. The van der Waals surface area contributed by atoms with Crippen LogP contribution in [0.5, 0.6) is 0 Å². The van der Waals surface area contributed by atoms with Crippen LogP contribution in [0.2, 0.25) is 0 Å². The van der Waals surface area contributed by atoms with Gasteiger partial charge in [-0.25, -0.2) is 0 Å². The predicted molar refractivity (Wildman–Crippen MR) is 55.2 cm³/mol. The van der Waals surface area contributed by atoms with E-state index >= 15 is 0 Å². The fourth-order valence-electron chi connectivity index (χ4n) is 1.80. The molecule has 0 aromatic heterocycles. The summed E-state index contributed by atoms with van der Waals surface area (Å²) in [6.07, 6.45) is 2.32. The smallest absolute Gasteiger partial charge is 0.236 e. The number of likely N-dealkylation sites (tertiary alicyclic amines) is 1. The van der Waals surface area contributed by atoms with Crippen molar-refractivity contribution in [2.45, 2.75) is 18.9 Å². The van der Waals surface area contributed by atoms with E-state index < -0.39 is 0 Å². The first kappa shape index (κ1) is 11.5. The molecule has 0 aromatic carbocycles. The predicted octanol–water partition coefficient (Wildman–Crippen LogP) is 0.185. The van der Waals surface area contributed by atoms with Crippen LogP contribution in [-0.4, -0.2) is 62.7 Å². The highest BCUT2D eigenvalue weighted by Gasteiger charge is 2.26. The Kier molecular flexibility index (Phi) is 4.35. The third-order valence-electron chi connectivity index (χ3n) is 2.70. The standard InChI is InChI=1S/C10H20N2O2/c1-11(2)10(13)7-12-6-4-5-9(12)8-14-3/h9H,4-8H2,1-3H3/t9-/m1/s1. The van der Waals surface area contributed by atoms with E-state index in [9.17, 15) is 4.79 Å². The Morgan fingerprint density at radius 2 is 2.29 bits per heavy atom. The molecule has 1 aliphatic rings. The van der Waals surface area contributed by atoms with Crippen LogP contribution in [0.25, 0.3) is 0 Å². The Labute approximate surface area is 85.8 Å². The number of rotatable bonds is 4. The number of carbonyl (C=O) groups excluding carboxylic acids is 1. The zero-order valence-electron chi connectivity index (χ0n) is 9.32. The fourth-order valence-corrected chi connectivity index (χ4v) is 1.80.